The van der Waals surface area contributed by atoms with Crippen molar-refractivity contribution in [1.82, 2.24) is 27.8 Å². The summed E-state index contributed by atoms with van der Waals surface area (Å²) in [7, 11) is 0. The second-order valence-electron chi connectivity index (χ2n) is 15.6. The molecule has 0 aliphatic rings. The molecule has 0 bridgehead atoms. The van der Waals surface area contributed by atoms with Crippen LogP contribution in [0.4, 0.5) is 0 Å². The van der Waals surface area contributed by atoms with Crippen LogP contribution in [0.15, 0.2) is 170 Å². The van der Waals surface area contributed by atoms with E-state index in [0.717, 1.165) is 56.0 Å². The number of thiophene rings is 2. The first-order chi connectivity index (χ1) is 30.2. The van der Waals surface area contributed by atoms with Gasteiger partial charge in [-0.3, -0.25) is 9.97 Å². The Balaban J connectivity index is 0.847. The molecule has 6 nitrogen and oxygen atoms in total. The minimum absolute atomic E-state index is 0.826. The van der Waals surface area contributed by atoms with Crippen LogP contribution in [0.2, 0.25) is 0 Å². The van der Waals surface area contributed by atoms with Gasteiger partial charge in [0.05, 0.1) is 69.0 Å². The van der Waals surface area contributed by atoms with Gasteiger partial charge < -0.3 is 9.13 Å². The molecule has 9 heteroatoms. The molecule has 7 heterocycles. The molecule has 0 aliphatic heterocycles. The summed E-state index contributed by atoms with van der Waals surface area (Å²) in [4.78, 5) is 10.2. The van der Waals surface area contributed by atoms with E-state index in [9.17, 15) is 0 Å². The molecule has 284 valence electrons. The molecule has 0 fully saturated rings. The second kappa shape index (κ2) is 12.6. The molecule has 61 heavy (non-hydrogen) atoms. The van der Waals surface area contributed by atoms with Crippen molar-refractivity contribution in [2.24, 2.45) is 0 Å². The molecule has 0 N–H and O–H groups in total. The maximum atomic E-state index is 5.08. The maximum absolute atomic E-state index is 5.08. The normalized spacial score (nSPS) is 12.3. The van der Waals surface area contributed by atoms with Gasteiger partial charge in [0.15, 0.2) is 0 Å². The summed E-state index contributed by atoms with van der Waals surface area (Å²) in [6.07, 6.45) is 3.97. The van der Waals surface area contributed by atoms with Crippen LogP contribution in [0.1, 0.15) is 0 Å². The lowest BCUT2D eigenvalue weighted by Crippen LogP contribution is -1.97. The lowest BCUT2D eigenvalue weighted by Gasteiger charge is -2.11. The molecule has 14 rings (SSSR count). The molecule has 0 saturated heterocycles. The number of rotatable bonds is 4. The van der Waals surface area contributed by atoms with E-state index in [0.29, 0.717) is 0 Å². The highest BCUT2D eigenvalue weighted by atomic mass is 32.1. The molecule has 7 aromatic heterocycles. The first-order valence-electron chi connectivity index (χ1n) is 20.1. The minimum Gasteiger partial charge on any atom is -0.308 e. The van der Waals surface area contributed by atoms with Crippen molar-refractivity contribution in [3.63, 3.8) is 0 Å². The third kappa shape index (κ3) is 4.82. The van der Waals surface area contributed by atoms with Crippen molar-refractivity contribution in [3.05, 3.63) is 170 Å². The van der Waals surface area contributed by atoms with Crippen LogP contribution >= 0.6 is 34.4 Å². The molecule has 0 atom stereocenters. The van der Waals surface area contributed by atoms with Crippen LogP contribution in [0.25, 0.3) is 129 Å². The van der Waals surface area contributed by atoms with Gasteiger partial charge >= 0.3 is 0 Å². The predicted molar refractivity (Wildman–Crippen MR) is 258 cm³/mol. The zero-order valence-electron chi connectivity index (χ0n) is 32.1. The van der Waals surface area contributed by atoms with Crippen LogP contribution in [-0.2, 0) is 0 Å². The van der Waals surface area contributed by atoms with E-state index in [1.54, 1.807) is 0 Å². The van der Waals surface area contributed by atoms with E-state index in [2.05, 4.69) is 167 Å². The van der Waals surface area contributed by atoms with E-state index in [1.165, 1.54) is 84.7 Å². The molecule has 0 amide bonds. The van der Waals surface area contributed by atoms with E-state index < -0.39 is 0 Å². The zero-order chi connectivity index (χ0) is 39.8. The van der Waals surface area contributed by atoms with Crippen molar-refractivity contribution in [2.75, 3.05) is 0 Å². The number of aromatic nitrogens is 6. The van der Waals surface area contributed by atoms with E-state index >= 15 is 0 Å². The smallest absolute Gasteiger partial charge is 0.114 e. The SMILES string of the molecule is c1ccc2c(c1)sc1cc3c4ccccc4n(-c4ccc(-c5ccc(-c6ccc(-n7c8ccccc8c8cc9sc%10ccccc%10c9cc87)cn6)c6nsnc56)nc4)c3cc12. The first kappa shape index (κ1) is 33.5. The number of hydrogen-bond acceptors (Lipinski definition) is 7. The largest absolute Gasteiger partial charge is 0.308 e. The molecule has 0 unspecified atom stereocenters. The summed E-state index contributed by atoms with van der Waals surface area (Å²) in [6.45, 7) is 0. The fraction of sp³-hybridized carbons (Fsp3) is 0. The Bertz CT molecular complexity index is 3850. The molecular weight excluding hydrogens is 805 g/mol. The molecular formula is C52H28N6S3. The monoisotopic (exact) mass is 832 g/mol. The molecule has 0 spiro atoms. The molecule has 7 aromatic carbocycles. The quantitative estimate of drug-likeness (QED) is 0.177. The maximum Gasteiger partial charge on any atom is 0.114 e. The Morgan fingerprint density at radius 2 is 0.787 bits per heavy atom. The Labute approximate surface area is 359 Å². The number of pyridine rings is 2. The highest BCUT2D eigenvalue weighted by Gasteiger charge is 2.20. The number of para-hydroxylation sites is 2. The third-order valence-electron chi connectivity index (χ3n) is 12.3. The van der Waals surface area contributed by atoms with Crippen LogP contribution in [0.5, 0.6) is 0 Å². The number of benzene rings is 7. The lowest BCUT2D eigenvalue weighted by atomic mass is 10.0. The third-order valence-corrected chi connectivity index (χ3v) is 15.1. The van der Waals surface area contributed by atoms with Gasteiger partial charge in [-0.05, 0) is 84.9 Å². The minimum atomic E-state index is 0.826. The zero-order valence-corrected chi connectivity index (χ0v) is 34.5. The van der Waals surface area contributed by atoms with Crippen molar-refractivity contribution in [1.29, 1.82) is 0 Å². The van der Waals surface area contributed by atoms with Crippen molar-refractivity contribution < 1.29 is 0 Å². The molecule has 14 aromatic rings. The summed E-state index contributed by atoms with van der Waals surface area (Å²) in [6, 6.07) is 56.9. The van der Waals surface area contributed by atoms with Crippen LogP contribution in [0, 0.1) is 0 Å². The van der Waals surface area contributed by atoms with Crippen molar-refractivity contribution in [3.8, 4) is 33.9 Å². The predicted octanol–water partition coefficient (Wildman–Crippen LogP) is 14.7. The van der Waals surface area contributed by atoms with E-state index in [4.69, 9.17) is 18.7 Å². The highest BCUT2D eigenvalue weighted by molar-refractivity contribution is 7.26. The van der Waals surface area contributed by atoms with Gasteiger partial charge in [-0.2, -0.15) is 8.75 Å². The Morgan fingerprint density at radius 1 is 0.344 bits per heavy atom. The molecule has 0 saturated carbocycles. The Hall–Kier alpha value is -7.30. The van der Waals surface area contributed by atoms with Crippen LogP contribution in [0.3, 0.4) is 0 Å². The van der Waals surface area contributed by atoms with Crippen molar-refractivity contribution in [2.45, 2.75) is 0 Å². The fourth-order valence-electron chi connectivity index (χ4n) is 9.57. The van der Waals surface area contributed by atoms with Crippen LogP contribution < -0.4 is 0 Å². The molecule has 0 aliphatic carbocycles. The number of nitrogens with zero attached hydrogens (tertiary/aromatic N) is 6. The molecule has 0 radical (unpaired) electrons. The lowest BCUT2D eigenvalue weighted by molar-refractivity contribution is 1.14. The summed E-state index contributed by atoms with van der Waals surface area (Å²) < 4.78 is 19.5. The second-order valence-corrected chi connectivity index (χ2v) is 18.3. The van der Waals surface area contributed by atoms with E-state index in [-0.39, 0.29) is 0 Å². The fourth-order valence-corrected chi connectivity index (χ4v) is 12.4. The first-order valence-corrected chi connectivity index (χ1v) is 22.5. The van der Waals surface area contributed by atoms with Gasteiger partial charge in [0.25, 0.3) is 0 Å². The van der Waals surface area contributed by atoms with Gasteiger partial charge in [0.2, 0.25) is 0 Å². The van der Waals surface area contributed by atoms with Gasteiger partial charge in [-0.15, -0.1) is 22.7 Å². The average Bonchev–Trinajstić information content (AvgIpc) is 4.14. The van der Waals surface area contributed by atoms with Crippen LogP contribution in [-0.4, -0.2) is 27.8 Å². The Kier molecular flexibility index (Phi) is 6.93. The summed E-state index contributed by atoms with van der Waals surface area (Å²) in [5, 5.41) is 10.1. The van der Waals surface area contributed by atoms with Gasteiger partial charge in [-0.25, -0.2) is 0 Å². The summed E-state index contributed by atoms with van der Waals surface area (Å²) in [5.74, 6) is 0. The van der Waals surface area contributed by atoms with Gasteiger partial charge in [-0.1, -0.05) is 72.8 Å². The number of fused-ring (bicyclic) bond motifs is 13. The summed E-state index contributed by atoms with van der Waals surface area (Å²) >= 11 is 4.93. The highest BCUT2D eigenvalue weighted by Crippen LogP contribution is 2.43. The Morgan fingerprint density at radius 3 is 1.25 bits per heavy atom. The van der Waals surface area contributed by atoms with Crippen molar-refractivity contribution >= 4 is 129 Å². The topological polar surface area (TPSA) is 61.4 Å². The standard InChI is InChI=1S/C52H28N6S3/c1-5-13-43-31(9-1)37-25-49-39(33-11-3-7-15-47(33)59-49)23-45(37)57(43)29-17-21-41(53-27-29)35-19-20-36(52-51(35)55-61-56-52)42-22-18-30(28-54-42)58-44-14-6-2-10-32(44)38-26-50-40(24-46(38)58)34-12-4-8-16-48(34)60-50/h1-28H. The van der Waals surface area contributed by atoms with Gasteiger partial charge in [0.1, 0.15) is 11.0 Å². The number of hydrogen-bond donors (Lipinski definition) is 0. The van der Waals surface area contributed by atoms with E-state index in [1.807, 2.05) is 35.1 Å². The average molecular weight is 833 g/mol. The summed E-state index contributed by atoms with van der Waals surface area (Å²) in [5.41, 5.74) is 11.9. The van der Waals surface area contributed by atoms with Gasteiger partial charge in [0, 0.05) is 73.0 Å².